The van der Waals surface area contributed by atoms with Gasteiger partial charge in [0.1, 0.15) is 0 Å². The van der Waals surface area contributed by atoms with Crippen molar-refractivity contribution in [1.29, 1.82) is 0 Å². The molecule has 0 atom stereocenters. The summed E-state index contributed by atoms with van der Waals surface area (Å²) in [6.07, 6.45) is 2.64. The Balaban J connectivity index is 0.00000180. The summed E-state index contributed by atoms with van der Waals surface area (Å²) >= 11 is 0. The van der Waals surface area contributed by atoms with Gasteiger partial charge in [0.25, 0.3) is 0 Å². The number of amides is 1. The lowest BCUT2D eigenvalue weighted by atomic mass is 10.1. The summed E-state index contributed by atoms with van der Waals surface area (Å²) in [4.78, 5) is 13.7. The number of halogens is 1. The van der Waals surface area contributed by atoms with Crippen molar-refractivity contribution in [2.75, 3.05) is 20.1 Å². The molecule has 2 rings (SSSR count). The van der Waals surface area contributed by atoms with Gasteiger partial charge in [-0.15, -0.1) is 12.4 Å². The van der Waals surface area contributed by atoms with Crippen molar-refractivity contribution in [3.05, 3.63) is 35.4 Å². The van der Waals surface area contributed by atoms with Gasteiger partial charge >= 0.3 is 0 Å². The van der Waals surface area contributed by atoms with Gasteiger partial charge in [0.2, 0.25) is 5.91 Å². The largest absolute Gasteiger partial charge is 0.340 e. The summed E-state index contributed by atoms with van der Waals surface area (Å²) in [5.41, 5.74) is 2.42. The van der Waals surface area contributed by atoms with Gasteiger partial charge < -0.3 is 10.2 Å². The molecule has 0 aromatic heterocycles. The molecule has 0 aliphatic heterocycles. The number of aryl methyl sites for hydroxylation is 1. The third kappa shape index (κ3) is 5.62. The number of likely N-dealkylation sites (N-methyl/N-ethyl adjacent to an activating group) is 1. The van der Waals surface area contributed by atoms with Gasteiger partial charge in [-0.1, -0.05) is 29.8 Å². The number of carbonyl (C=O) groups is 1. The van der Waals surface area contributed by atoms with E-state index in [4.69, 9.17) is 0 Å². The molecule has 1 fully saturated rings. The second-order valence-corrected chi connectivity index (χ2v) is 5.31. The first-order chi connectivity index (χ1) is 8.65. The summed E-state index contributed by atoms with van der Waals surface area (Å²) in [6, 6.07) is 8.30. The Morgan fingerprint density at radius 1 is 1.42 bits per heavy atom. The second-order valence-electron chi connectivity index (χ2n) is 5.31. The fourth-order valence-corrected chi connectivity index (χ4v) is 2.01. The molecule has 106 valence electrons. The molecule has 0 radical (unpaired) electrons. The zero-order chi connectivity index (χ0) is 13.0. The van der Waals surface area contributed by atoms with E-state index in [1.54, 1.807) is 4.90 Å². The van der Waals surface area contributed by atoms with Gasteiger partial charge in [-0.25, -0.2) is 0 Å². The van der Waals surface area contributed by atoms with E-state index in [1.807, 2.05) is 13.1 Å². The van der Waals surface area contributed by atoms with Crippen molar-refractivity contribution < 1.29 is 4.79 Å². The number of hydrogen-bond donors (Lipinski definition) is 1. The highest BCUT2D eigenvalue weighted by Crippen LogP contribution is 2.27. The van der Waals surface area contributed by atoms with Crippen molar-refractivity contribution in [2.24, 2.45) is 5.92 Å². The van der Waals surface area contributed by atoms with Crippen molar-refractivity contribution in [3.63, 3.8) is 0 Å². The van der Waals surface area contributed by atoms with E-state index in [1.165, 1.54) is 24.0 Å². The molecule has 0 unspecified atom stereocenters. The average molecular weight is 283 g/mol. The summed E-state index contributed by atoms with van der Waals surface area (Å²) in [6.45, 7) is 4.21. The molecule has 19 heavy (non-hydrogen) atoms. The predicted molar refractivity (Wildman–Crippen MR) is 80.5 cm³/mol. The monoisotopic (exact) mass is 282 g/mol. The summed E-state index contributed by atoms with van der Waals surface area (Å²) in [5.74, 6) is 0.983. The standard InChI is InChI=1S/C15H22N2O.ClH/c1-12-4-3-5-14(8-12)11-17(2)15(18)10-16-9-13-6-7-13;/h3-5,8,13,16H,6-7,9-11H2,1-2H3;1H. The van der Waals surface area contributed by atoms with E-state index in [9.17, 15) is 4.79 Å². The number of nitrogens with one attached hydrogen (secondary N) is 1. The quantitative estimate of drug-likeness (QED) is 0.869. The van der Waals surface area contributed by atoms with Crippen LogP contribution in [0.25, 0.3) is 0 Å². The molecule has 0 bridgehead atoms. The zero-order valence-corrected chi connectivity index (χ0v) is 12.5. The molecule has 1 aromatic carbocycles. The molecule has 1 aliphatic carbocycles. The molecular weight excluding hydrogens is 260 g/mol. The highest BCUT2D eigenvalue weighted by Gasteiger charge is 2.20. The molecule has 1 saturated carbocycles. The lowest BCUT2D eigenvalue weighted by Crippen LogP contribution is -2.35. The van der Waals surface area contributed by atoms with Gasteiger partial charge in [0.15, 0.2) is 0 Å². The maximum Gasteiger partial charge on any atom is 0.236 e. The highest BCUT2D eigenvalue weighted by atomic mass is 35.5. The topological polar surface area (TPSA) is 32.3 Å². The number of benzene rings is 1. The first-order valence-electron chi connectivity index (χ1n) is 6.65. The SMILES string of the molecule is Cc1cccc(CN(C)C(=O)CNCC2CC2)c1.Cl. The van der Waals surface area contributed by atoms with Crippen LogP contribution in [-0.2, 0) is 11.3 Å². The van der Waals surface area contributed by atoms with Crippen LogP contribution < -0.4 is 5.32 Å². The maximum atomic E-state index is 11.9. The molecule has 3 nitrogen and oxygen atoms in total. The molecule has 1 amide bonds. The van der Waals surface area contributed by atoms with Crippen LogP contribution in [0.15, 0.2) is 24.3 Å². The Kier molecular flexibility index (Phi) is 6.32. The number of rotatable bonds is 6. The van der Waals surface area contributed by atoms with Crippen molar-refractivity contribution in [2.45, 2.75) is 26.3 Å². The van der Waals surface area contributed by atoms with Crippen LogP contribution in [-0.4, -0.2) is 30.9 Å². The predicted octanol–water partition coefficient (Wildman–Crippen LogP) is 2.37. The molecule has 4 heteroatoms. The van der Waals surface area contributed by atoms with Gasteiger partial charge in [-0.05, 0) is 37.8 Å². The minimum Gasteiger partial charge on any atom is -0.340 e. The van der Waals surface area contributed by atoms with E-state index in [0.717, 1.165) is 12.5 Å². The van der Waals surface area contributed by atoms with Crippen LogP contribution >= 0.6 is 12.4 Å². The Hall–Kier alpha value is -1.06. The first-order valence-corrected chi connectivity index (χ1v) is 6.65. The Morgan fingerprint density at radius 2 is 2.16 bits per heavy atom. The Bertz CT molecular complexity index is 418. The van der Waals surface area contributed by atoms with Crippen molar-refractivity contribution in [3.8, 4) is 0 Å². The van der Waals surface area contributed by atoms with E-state index < -0.39 is 0 Å². The Morgan fingerprint density at radius 3 is 2.79 bits per heavy atom. The molecular formula is C15H23ClN2O. The summed E-state index contributed by atoms with van der Waals surface area (Å²) < 4.78 is 0. The van der Waals surface area contributed by atoms with Crippen LogP contribution in [0.2, 0.25) is 0 Å². The van der Waals surface area contributed by atoms with Gasteiger partial charge in [-0.2, -0.15) is 0 Å². The van der Waals surface area contributed by atoms with Crippen LogP contribution in [0.4, 0.5) is 0 Å². The lowest BCUT2D eigenvalue weighted by Gasteiger charge is -2.18. The van der Waals surface area contributed by atoms with Crippen LogP contribution in [0.5, 0.6) is 0 Å². The van der Waals surface area contributed by atoms with Crippen LogP contribution in [0.1, 0.15) is 24.0 Å². The van der Waals surface area contributed by atoms with E-state index in [0.29, 0.717) is 13.1 Å². The highest BCUT2D eigenvalue weighted by molar-refractivity contribution is 5.85. The fraction of sp³-hybridized carbons (Fsp3) is 0.533. The minimum atomic E-state index is 0. The van der Waals surface area contributed by atoms with Gasteiger partial charge in [0, 0.05) is 13.6 Å². The smallest absolute Gasteiger partial charge is 0.236 e. The van der Waals surface area contributed by atoms with E-state index in [2.05, 4.69) is 30.4 Å². The first kappa shape index (κ1) is 16.0. The normalized spacial score (nSPS) is 13.8. The van der Waals surface area contributed by atoms with Crippen molar-refractivity contribution in [1.82, 2.24) is 10.2 Å². The zero-order valence-electron chi connectivity index (χ0n) is 11.7. The van der Waals surface area contributed by atoms with Gasteiger partial charge in [-0.3, -0.25) is 4.79 Å². The van der Waals surface area contributed by atoms with E-state index in [-0.39, 0.29) is 18.3 Å². The lowest BCUT2D eigenvalue weighted by molar-refractivity contribution is -0.129. The molecule has 1 N–H and O–H groups in total. The second kappa shape index (κ2) is 7.51. The third-order valence-electron chi connectivity index (χ3n) is 3.33. The van der Waals surface area contributed by atoms with Crippen LogP contribution in [0.3, 0.4) is 0 Å². The average Bonchev–Trinajstić information content (AvgIpc) is 3.13. The number of hydrogen-bond acceptors (Lipinski definition) is 2. The van der Waals surface area contributed by atoms with Gasteiger partial charge in [0.05, 0.1) is 6.54 Å². The van der Waals surface area contributed by atoms with E-state index >= 15 is 0 Å². The Labute approximate surface area is 121 Å². The third-order valence-corrected chi connectivity index (χ3v) is 3.33. The minimum absolute atomic E-state index is 0. The molecule has 0 saturated heterocycles. The number of carbonyl (C=O) groups excluding carboxylic acids is 1. The molecule has 1 aliphatic rings. The molecule has 0 spiro atoms. The maximum absolute atomic E-state index is 11.9. The molecule has 0 heterocycles. The van der Waals surface area contributed by atoms with Crippen LogP contribution in [0, 0.1) is 12.8 Å². The number of nitrogens with zero attached hydrogens (tertiary/aromatic N) is 1. The summed E-state index contributed by atoms with van der Waals surface area (Å²) in [7, 11) is 1.86. The van der Waals surface area contributed by atoms with Crippen molar-refractivity contribution >= 4 is 18.3 Å². The molecule has 1 aromatic rings. The fourth-order valence-electron chi connectivity index (χ4n) is 2.01. The summed E-state index contributed by atoms with van der Waals surface area (Å²) in [5, 5.41) is 3.23.